The Morgan fingerprint density at radius 3 is 2.53 bits per heavy atom. The zero-order valence-corrected chi connectivity index (χ0v) is 8.94. The fraction of sp³-hybridized carbons (Fsp3) is 0. The number of halogens is 1. The van der Waals surface area contributed by atoms with Crippen LogP contribution in [0.5, 0.6) is 0 Å². The van der Waals surface area contributed by atoms with Gasteiger partial charge in [-0.1, -0.05) is 12.1 Å². The van der Waals surface area contributed by atoms with E-state index >= 15 is 0 Å². The third-order valence-corrected chi connectivity index (χ3v) is 2.50. The predicted molar refractivity (Wildman–Crippen MR) is 65.8 cm³/mol. The van der Waals surface area contributed by atoms with Gasteiger partial charge < -0.3 is 10.3 Å². The molecule has 0 spiro atoms. The number of imidazole rings is 1. The molecule has 1 aromatic heterocycles. The molecule has 84 valence electrons. The highest BCUT2D eigenvalue weighted by atomic mass is 19.1. The summed E-state index contributed by atoms with van der Waals surface area (Å²) >= 11 is 0. The van der Waals surface area contributed by atoms with E-state index in [2.05, 4.69) is 15.3 Å². The predicted octanol–water partition coefficient (Wildman–Crippen LogP) is 3.45. The normalized spacial score (nSPS) is 10.6. The Morgan fingerprint density at radius 2 is 1.76 bits per heavy atom. The lowest BCUT2D eigenvalue weighted by molar-refractivity contribution is 0.628. The van der Waals surface area contributed by atoms with Gasteiger partial charge in [0.15, 0.2) is 0 Å². The van der Waals surface area contributed by atoms with Crippen molar-refractivity contribution in [3.05, 3.63) is 54.3 Å². The molecular weight excluding hydrogens is 217 g/mol. The van der Waals surface area contributed by atoms with Gasteiger partial charge in [0.25, 0.3) is 0 Å². The molecule has 0 saturated carbocycles. The maximum Gasteiger partial charge on any atom is 0.205 e. The van der Waals surface area contributed by atoms with E-state index in [1.54, 1.807) is 12.1 Å². The molecular formula is C13H10FN3. The first kappa shape index (κ1) is 9.84. The first-order valence-corrected chi connectivity index (χ1v) is 5.28. The van der Waals surface area contributed by atoms with E-state index in [9.17, 15) is 4.39 Å². The monoisotopic (exact) mass is 227 g/mol. The van der Waals surface area contributed by atoms with Crippen LogP contribution in [0.4, 0.5) is 16.0 Å². The number of hydrogen-bond acceptors (Lipinski definition) is 2. The lowest BCUT2D eigenvalue weighted by atomic mass is 10.3. The number of anilines is 2. The molecule has 0 bridgehead atoms. The topological polar surface area (TPSA) is 40.7 Å². The highest BCUT2D eigenvalue weighted by Crippen LogP contribution is 2.18. The largest absolute Gasteiger partial charge is 0.326 e. The minimum Gasteiger partial charge on any atom is -0.326 e. The molecule has 0 fully saturated rings. The van der Waals surface area contributed by atoms with E-state index in [1.807, 2.05) is 24.3 Å². The maximum absolute atomic E-state index is 12.7. The number of rotatable bonds is 2. The molecule has 0 saturated heterocycles. The van der Waals surface area contributed by atoms with Gasteiger partial charge in [-0.15, -0.1) is 0 Å². The summed E-state index contributed by atoms with van der Waals surface area (Å²) < 4.78 is 12.7. The fourth-order valence-corrected chi connectivity index (χ4v) is 1.68. The molecule has 0 aliphatic rings. The summed E-state index contributed by atoms with van der Waals surface area (Å²) in [6.07, 6.45) is 0. The number of benzene rings is 2. The number of para-hydroxylation sites is 2. The second-order valence-electron chi connectivity index (χ2n) is 3.73. The first-order chi connectivity index (χ1) is 8.31. The first-order valence-electron chi connectivity index (χ1n) is 5.28. The van der Waals surface area contributed by atoms with E-state index in [0.29, 0.717) is 5.95 Å². The number of fused-ring (bicyclic) bond motifs is 1. The van der Waals surface area contributed by atoms with Crippen molar-refractivity contribution in [3.63, 3.8) is 0 Å². The van der Waals surface area contributed by atoms with Crippen LogP contribution in [0.1, 0.15) is 0 Å². The molecule has 0 unspecified atom stereocenters. The highest BCUT2D eigenvalue weighted by Gasteiger charge is 2.01. The third-order valence-electron chi connectivity index (χ3n) is 2.50. The van der Waals surface area contributed by atoms with E-state index < -0.39 is 0 Å². The molecule has 3 nitrogen and oxygen atoms in total. The summed E-state index contributed by atoms with van der Waals surface area (Å²) in [6, 6.07) is 13.9. The molecule has 0 amide bonds. The molecule has 3 rings (SSSR count). The molecule has 0 aliphatic heterocycles. The van der Waals surface area contributed by atoms with Crippen LogP contribution < -0.4 is 5.32 Å². The average molecular weight is 227 g/mol. The summed E-state index contributed by atoms with van der Waals surface area (Å²) in [5, 5.41) is 3.09. The Hall–Kier alpha value is -2.36. The maximum atomic E-state index is 12.7. The van der Waals surface area contributed by atoms with Gasteiger partial charge in [0.1, 0.15) is 5.82 Å². The number of aromatic amines is 1. The van der Waals surface area contributed by atoms with E-state index in [4.69, 9.17) is 0 Å². The number of H-pyrrole nitrogens is 1. The molecule has 17 heavy (non-hydrogen) atoms. The van der Waals surface area contributed by atoms with Gasteiger partial charge in [0, 0.05) is 5.69 Å². The van der Waals surface area contributed by atoms with Crippen LogP contribution in [0, 0.1) is 5.82 Å². The van der Waals surface area contributed by atoms with Gasteiger partial charge in [-0.2, -0.15) is 0 Å². The zero-order chi connectivity index (χ0) is 11.7. The second-order valence-corrected chi connectivity index (χ2v) is 3.73. The molecule has 2 aromatic carbocycles. The number of nitrogens with zero attached hydrogens (tertiary/aromatic N) is 1. The van der Waals surface area contributed by atoms with Gasteiger partial charge in [0.05, 0.1) is 11.0 Å². The van der Waals surface area contributed by atoms with Crippen LogP contribution in [0.25, 0.3) is 11.0 Å². The molecule has 0 radical (unpaired) electrons. The fourth-order valence-electron chi connectivity index (χ4n) is 1.68. The van der Waals surface area contributed by atoms with Gasteiger partial charge >= 0.3 is 0 Å². The van der Waals surface area contributed by atoms with E-state index in [-0.39, 0.29) is 5.82 Å². The van der Waals surface area contributed by atoms with Crippen molar-refractivity contribution >= 4 is 22.7 Å². The van der Waals surface area contributed by atoms with E-state index in [1.165, 1.54) is 12.1 Å². The number of nitrogens with one attached hydrogen (secondary N) is 2. The third kappa shape index (κ3) is 1.97. The van der Waals surface area contributed by atoms with Crippen molar-refractivity contribution in [1.29, 1.82) is 0 Å². The Morgan fingerprint density at radius 1 is 1.00 bits per heavy atom. The molecule has 0 aliphatic carbocycles. The number of hydrogen-bond donors (Lipinski definition) is 2. The minimum atomic E-state index is -0.250. The van der Waals surface area contributed by atoms with Crippen LogP contribution in [-0.2, 0) is 0 Å². The average Bonchev–Trinajstić information content (AvgIpc) is 2.74. The van der Waals surface area contributed by atoms with Crippen LogP contribution in [0.3, 0.4) is 0 Å². The van der Waals surface area contributed by atoms with Gasteiger partial charge in [-0.05, 0) is 36.4 Å². The lowest BCUT2D eigenvalue weighted by Gasteiger charge is -2.01. The lowest BCUT2D eigenvalue weighted by Crippen LogP contribution is -1.91. The van der Waals surface area contributed by atoms with Crippen molar-refractivity contribution in [1.82, 2.24) is 9.97 Å². The van der Waals surface area contributed by atoms with Crippen molar-refractivity contribution in [3.8, 4) is 0 Å². The molecule has 1 heterocycles. The Labute approximate surface area is 97.3 Å². The van der Waals surface area contributed by atoms with Gasteiger partial charge in [0.2, 0.25) is 5.95 Å². The summed E-state index contributed by atoms with van der Waals surface area (Å²) in [6.45, 7) is 0. The minimum absolute atomic E-state index is 0.250. The Bertz CT molecular complexity index is 610. The molecule has 4 heteroatoms. The van der Waals surface area contributed by atoms with E-state index in [0.717, 1.165) is 16.7 Å². The smallest absolute Gasteiger partial charge is 0.205 e. The molecule has 3 aromatic rings. The Kier molecular flexibility index (Phi) is 2.26. The number of aromatic nitrogens is 2. The van der Waals surface area contributed by atoms with Crippen molar-refractivity contribution < 1.29 is 4.39 Å². The summed E-state index contributed by atoms with van der Waals surface area (Å²) in [4.78, 5) is 7.51. The molecule has 0 atom stereocenters. The summed E-state index contributed by atoms with van der Waals surface area (Å²) in [7, 11) is 0. The quantitative estimate of drug-likeness (QED) is 0.704. The Balaban J connectivity index is 1.92. The molecule has 2 N–H and O–H groups in total. The standard InChI is InChI=1S/C13H10FN3/c14-9-5-7-10(8-6-9)15-13-16-11-3-1-2-4-12(11)17-13/h1-8H,(H2,15,16,17). The van der Waals surface area contributed by atoms with Gasteiger partial charge in [-0.25, -0.2) is 9.37 Å². The summed E-state index contributed by atoms with van der Waals surface area (Å²) in [5.74, 6) is 0.401. The zero-order valence-electron chi connectivity index (χ0n) is 8.94. The van der Waals surface area contributed by atoms with Crippen LogP contribution in [0.2, 0.25) is 0 Å². The second kappa shape index (κ2) is 3.90. The summed E-state index contributed by atoms with van der Waals surface area (Å²) in [5.41, 5.74) is 2.67. The van der Waals surface area contributed by atoms with Crippen molar-refractivity contribution in [2.75, 3.05) is 5.32 Å². The van der Waals surface area contributed by atoms with Crippen molar-refractivity contribution in [2.24, 2.45) is 0 Å². The van der Waals surface area contributed by atoms with Crippen molar-refractivity contribution in [2.45, 2.75) is 0 Å². The van der Waals surface area contributed by atoms with Crippen LogP contribution in [-0.4, -0.2) is 9.97 Å². The van der Waals surface area contributed by atoms with Crippen LogP contribution in [0.15, 0.2) is 48.5 Å². The SMILES string of the molecule is Fc1ccc(Nc2nc3ccccc3[nH]2)cc1. The van der Waals surface area contributed by atoms with Crippen LogP contribution >= 0.6 is 0 Å². The highest BCUT2D eigenvalue weighted by molar-refractivity contribution is 5.78. The van der Waals surface area contributed by atoms with Gasteiger partial charge in [-0.3, -0.25) is 0 Å².